The number of aliphatic hydroxyl groups is 1. The lowest BCUT2D eigenvalue weighted by atomic mass is 10.1. The molecule has 0 saturated heterocycles. The highest BCUT2D eigenvalue weighted by atomic mass is 16.7. The molecular weight excluding hydrogens is 346 g/mol. The van der Waals surface area contributed by atoms with Crippen molar-refractivity contribution in [2.45, 2.75) is 13.0 Å². The molecule has 0 unspecified atom stereocenters. The van der Waals surface area contributed by atoms with E-state index in [0.29, 0.717) is 18.0 Å². The number of amides is 1. The van der Waals surface area contributed by atoms with Gasteiger partial charge in [0.25, 0.3) is 0 Å². The molecule has 3 rings (SSSR count). The van der Waals surface area contributed by atoms with Gasteiger partial charge in [0.05, 0.1) is 19.3 Å². The Morgan fingerprint density at radius 1 is 1.22 bits per heavy atom. The van der Waals surface area contributed by atoms with Gasteiger partial charge in [-0.1, -0.05) is 35.9 Å². The minimum absolute atomic E-state index is 0.0691. The first-order valence-electron chi connectivity index (χ1n) is 8.80. The van der Waals surface area contributed by atoms with Gasteiger partial charge in [0.15, 0.2) is 11.5 Å². The van der Waals surface area contributed by atoms with Gasteiger partial charge in [-0.3, -0.25) is 4.79 Å². The molecule has 2 aromatic rings. The zero-order valence-corrected chi connectivity index (χ0v) is 15.2. The summed E-state index contributed by atoms with van der Waals surface area (Å²) in [6.45, 7) is 2.68. The van der Waals surface area contributed by atoms with Crippen molar-refractivity contribution in [1.29, 1.82) is 0 Å². The topological polar surface area (TPSA) is 77.0 Å². The number of rotatable bonds is 8. The number of carbonyl (C=O) groups is 1. The number of benzene rings is 2. The molecule has 6 nitrogen and oxygen atoms in total. The van der Waals surface area contributed by atoms with Crippen molar-refractivity contribution in [3.63, 3.8) is 0 Å². The lowest BCUT2D eigenvalue weighted by Crippen LogP contribution is -2.28. The summed E-state index contributed by atoms with van der Waals surface area (Å²) in [5.74, 6) is 1.16. The average Bonchev–Trinajstić information content (AvgIpc) is 3.15. The molecule has 1 atom stereocenters. The number of nitrogens with one attached hydrogen (secondary N) is 1. The number of hydrogen-bond acceptors (Lipinski definition) is 5. The summed E-state index contributed by atoms with van der Waals surface area (Å²) in [6, 6.07) is 13.4. The van der Waals surface area contributed by atoms with E-state index in [1.165, 1.54) is 6.08 Å². The molecule has 0 saturated carbocycles. The smallest absolute Gasteiger partial charge is 0.244 e. The van der Waals surface area contributed by atoms with Crippen molar-refractivity contribution in [2.24, 2.45) is 0 Å². The van der Waals surface area contributed by atoms with Crippen LogP contribution in [0.25, 0.3) is 6.08 Å². The van der Waals surface area contributed by atoms with Crippen LogP contribution in [-0.2, 0) is 9.53 Å². The van der Waals surface area contributed by atoms with Gasteiger partial charge in [-0.05, 0) is 36.3 Å². The number of hydrogen-bond donors (Lipinski definition) is 2. The van der Waals surface area contributed by atoms with E-state index in [2.05, 4.69) is 5.32 Å². The van der Waals surface area contributed by atoms with Gasteiger partial charge in [-0.2, -0.15) is 0 Å². The Labute approximate surface area is 158 Å². The molecule has 2 aromatic carbocycles. The van der Waals surface area contributed by atoms with Gasteiger partial charge in [0.2, 0.25) is 12.7 Å². The van der Waals surface area contributed by atoms with Gasteiger partial charge in [-0.25, -0.2) is 0 Å². The maximum atomic E-state index is 12.2. The zero-order valence-electron chi connectivity index (χ0n) is 15.2. The molecule has 0 radical (unpaired) electrons. The van der Waals surface area contributed by atoms with Gasteiger partial charge in [0, 0.05) is 12.6 Å². The minimum atomic E-state index is -0.319. The number of aliphatic hydroxyl groups excluding tert-OH is 1. The number of aryl methyl sites for hydroxylation is 1. The van der Waals surface area contributed by atoms with Crippen LogP contribution in [0, 0.1) is 6.92 Å². The zero-order chi connectivity index (χ0) is 19.1. The lowest BCUT2D eigenvalue weighted by molar-refractivity contribution is -0.117. The highest BCUT2D eigenvalue weighted by molar-refractivity contribution is 5.91. The predicted molar refractivity (Wildman–Crippen MR) is 102 cm³/mol. The second kappa shape index (κ2) is 9.21. The maximum Gasteiger partial charge on any atom is 0.244 e. The third-order valence-electron chi connectivity index (χ3n) is 4.14. The Kier molecular flexibility index (Phi) is 6.46. The molecule has 1 heterocycles. The third kappa shape index (κ3) is 5.32. The molecule has 1 aliphatic heterocycles. The molecule has 27 heavy (non-hydrogen) atoms. The van der Waals surface area contributed by atoms with Crippen LogP contribution in [0.3, 0.4) is 0 Å². The first-order valence-corrected chi connectivity index (χ1v) is 8.80. The molecule has 0 aromatic heterocycles. The molecule has 0 aliphatic carbocycles. The monoisotopic (exact) mass is 369 g/mol. The molecule has 0 spiro atoms. The van der Waals surface area contributed by atoms with Gasteiger partial charge in [-0.15, -0.1) is 0 Å². The van der Waals surface area contributed by atoms with E-state index >= 15 is 0 Å². The van der Waals surface area contributed by atoms with E-state index in [4.69, 9.17) is 19.3 Å². The summed E-state index contributed by atoms with van der Waals surface area (Å²) in [5.41, 5.74) is 2.95. The lowest BCUT2D eigenvalue weighted by Gasteiger charge is -2.18. The van der Waals surface area contributed by atoms with Crippen molar-refractivity contribution >= 4 is 12.0 Å². The fourth-order valence-corrected chi connectivity index (χ4v) is 2.69. The molecule has 0 bridgehead atoms. The van der Waals surface area contributed by atoms with Crippen LogP contribution in [0.15, 0.2) is 48.5 Å². The molecule has 0 fully saturated rings. The summed E-state index contributed by atoms with van der Waals surface area (Å²) in [7, 11) is 0. The SMILES string of the molecule is Cc1ccc([C@H](CNC(=O)/C=C/c2ccc3c(c2)OCO3)OCCO)cc1. The maximum absolute atomic E-state index is 12.2. The third-order valence-corrected chi connectivity index (χ3v) is 4.14. The fourth-order valence-electron chi connectivity index (χ4n) is 2.69. The highest BCUT2D eigenvalue weighted by Gasteiger charge is 2.14. The Bertz CT molecular complexity index is 801. The van der Waals surface area contributed by atoms with E-state index < -0.39 is 0 Å². The van der Waals surface area contributed by atoms with Crippen LogP contribution in [0.1, 0.15) is 22.8 Å². The van der Waals surface area contributed by atoms with Gasteiger partial charge >= 0.3 is 0 Å². The van der Waals surface area contributed by atoms with Crippen LogP contribution in [0.2, 0.25) is 0 Å². The summed E-state index contributed by atoms with van der Waals surface area (Å²) in [5, 5.41) is 11.9. The van der Waals surface area contributed by atoms with E-state index in [9.17, 15) is 4.79 Å². The van der Waals surface area contributed by atoms with E-state index in [1.54, 1.807) is 6.08 Å². The van der Waals surface area contributed by atoms with Crippen molar-refractivity contribution < 1.29 is 24.1 Å². The van der Waals surface area contributed by atoms with Crippen molar-refractivity contribution in [2.75, 3.05) is 26.6 Å². The highest BCUT2D eigenvalue weighted by Crippen LogP contribution is 2.32. The van der Waals surface area contributed by atoms with Crippen molar-refractivity contribution in [3.8, 4) is 11.5 Å². The fraction of sp³-hybridized carbons (Fsp3) is 0.286. The van der Waals surface area contributed by atoms with Crippen LogP contribution >= 0.6 is 0 Å². The second-order valence-corrected chi connectivity index (χ2v) is 6.18. The molecule has 2 N–H and O–H groups in total. The molecule has 1 aliphatic rings. The molecule has 142 valence electrons. The summed E-state index contributed by atoms with van der Waals surface area (Å²) >= 11 is 0. The first-order chi connectivity index (χ1) is 13.2. The minimum Gasteiger partial charge on any atom is -0.454 e. The van der Waals surface area contributed by atoms with E-state index in [-0.39, 0.29) is 32.0 Å². The number of ether oxygens (including phenoxy) is 3. The average molecular weight is 369 g/mol. The normalized spacial score (nSPS) is 13.7. The standard InChI is InChI=1S/C21H23NO5/c1-15-2-6-17(7-3-15)20(25-11-10-23)13-22-21(24)9-5-16-4-8-18-19(12-16)27-14-26-18/h2-9,12,20,23H,10-11,13-14H2,1H3,(H,22,24)/b9-5+/t20-/m0/s1. The van der Waals surface area contributed by atoms with Gasteiger partial charge < -0.3 is 24.6 Å². The molecule has 1 amide bonds. The van der Waals surface area contributed by atoms with Crippen LogP contribution in [0.5, 0.6) is 11.5 Å². The number of carbonyl (C=O) groups excluding carboxylic acids is 1. The Hall–Kier alpha value is -2.83. The molecular formula is C21H23NO5. The van der Waals surface area contributed by atoms with E-state index in [0.717, 1.165) is 16.7 Å². The quantitative estimate of drug-likeness (QED) is 0.700. The Balaban J connectivity index is 1.57. The second-order valence-electron chi connectivity index (χ2n) is 6.18. The van der Waals surface area contributed by atoms with Crippen LogP contribution < -0.4 is 14.8 Å². The van der Waals surface area contributed by atoms with Crippen molar-refractivity contribution in [1.82, 2.24) is 5.32 Å². The Morgan fingerprint density at radius 2 is 2.00 bits per heavy atom. The summed E-state index contributed by atoms with van der Waals surface area (Å²) < 4.78 is 16.3. The summed E-state index contributed by atoms with van der Waals surface area (Å²) in [4.78, 5) is 12.2. The van der Waals surface area contributed by atoms with E-state index in [1.807, 2.05) is 49.4 Å². The van der Waals surface area contributed by atoms with Crippen molar-refractivity contribution in [3.05, 3.63) is 65.2 Å². The number of fused-ring (bicyclic) bond motifs is 1. The molecule has 6 heteroatoms. The largest absolute Gasteiger partial charge is 0.454 e. The van der Waals surface area contributed by atoms with Crippen LogP contribution in [0.4, 0.5) is 0 Å². The summed E-state index contributed by atoms with van der Waals surface area (Å²) in [6.07, 6.45) is 2.86. The van der Waals surface area contributed by atoms with Gasteiger partial charge in [0.1, 0.15) is 0 Å². The first kappa shape index (κ1) is 18.9. The predicted octanol–water partition coefficient (Wildman–Crippen LogP) is 2.60. The Morgan fingerprint density at radius 3 is 2.78 bits per heavy atom. The van der Waals surface area contributed by atoms with Crippen LogP contribution in [-0.4, -0.2) is 37.6 Å².